The molecule has 0 aliphatic heterocycles. The number of amides is 1. The predicted molar refractivity (Wildman–Crippen MR) is 72.3 cm³/mol. The first-order chi connectivity index (χ1) is 9.90. The fraction of sp³-hybridized carbons (Fsp3) is 0.143. The summed E-state index contributed by atoms with van der Waals surface area (Å²) in [4.78, 5) is 16.0. The van der Waals surface area contributed by atoms with Gasteiger partial charge >= 0.3 is 0 Å². The van der Waals surface area contributed by atoms with Crippen LogP contribution in [0.25, 0.3) is 0 Å². The van der Waals surface area contributed by atoms with Crippen molar-refractivity contribution < 1.29 is 18.0 Å². The maximum absolute atomic E-state index is 13.5. The van der Waals surface area contributed by atoms with Gasteiger partial charge in [0.2, 0.25) is 0 Å². The van der Waals surface area contributed by atoms with E-state index < -0.39 is 29.0 Å². The van der Waals surface area contributed by atoms with Crippen molar-refractivity contribution in [2.75, 3.05) is 11.1 Å². The normalized spacial score (nSPS) is 10.5. The highest BCUT2D eigenvalue weighted by atomic mass is 19.2. The van der Waals surface area contributed by atoms with Crippen LogP contribution in [0.4, 0.5) is 24.7 Å². The third kappa shape index (κ3) is 3.31. The van der Waals surface area contributed by atoms with Gasteiger partial charge in [0.15, 0.2) is 11.6 Å². The number of hydrogen-bond donors (Lipinski definition) is 2. The molecule has 1 heterocycles. The minimum absolute atomic E-state index is 0.144. The van der Waals surface area contributed by atoms with Gasteiger partial charge in [0, 0.05) is 23.4 Å². The van der Waals surface area contributed by atoms with Crippen LogP contribution >= 0.6 is 0 Å². The number of nitrogens with one attached hydrogen (secondary N) is 1. The molecule has 7 heteroatoms. The minimum atomic E-state index is -1.33. The van der Waals surface area contributed by atoms with E-state index in [1.54, 1.807) is 0 Å². The average molecular weight is 295 g/mol. The molecule has 0 fully saturated rings. The van der Waals surface area contributed by atoms with Crippen molar-refractivity contribution in [3.05, 3.63) is 53.0 Å². The number of rotatable bonds is 3. The lowest BCUT2D eigenvalue weighted by Gasteiger charge is -2.08. The van der Waals surface area contributed by atoms with Crippen molar-refractivity contribution >= 4 is 17.4 Å². The van der Waals surface area contributed by atoms with E-state index in [4.69, 9.17) is 5.73 Å². The molecule has 110 valence electrons. The Morgan fingerprint density at radius 1 is 1.14 bits per heavy atom. The predicted octanol–water partition coefficient (Wildman–Crippen LogP) is 2.90. The number of nitrogens with zero attached hydrogens (tertiary/aromatic N) is 1. The largest absolute Gasteiger partial charge is 0.384 e. The summed E-state index contributed by atoms with van der Waals surface area (Å²) in [7, 11) is 0. The highest BCUT2D eigenvalue weighted by molar-refractivity contribution is 6.04. The average Bonchev–Trinajstić information content (AvgIpc) is 2.43. The molecule has 0 unspecified atom stereocenters. The second-order valence-corrected chi connectivity index (χ2v) is 4.33. The van der Waals surface area contributed by atoms with Crippen LogP contribution in [0.15, 0.2) is 24.3 Å². The Kier molecular flexibility index (Phi) is 4.11. The topological polar surface area (TPSA) is 68.0 Å². The summed E-state index contributed by atoms with van der Waals surface area (Å²) >= 11 is 0. The maximum atomic E-state index is 13.5. The van der Waals surface area contributed by atoms with Gasteiger partial charge in [0.1, 0.15) is 11.6 Å². The Hall–Kier alpha value is -2.57. The molecule has 0 saturated heterocycles. The van der Waals surface area contributed by atoms with Crippen LogP contribution in [0, 0.1) is 17.5 Å². The van der Waals surface area contributed by atoms with Gasteiger partial charge in [-0.05, 0) is 18.6 Å². The fourth-order valence-corrected chi connectivity index (χ4v) is 1.74. The lowest BCUT2D eigenvalue weighted by atomic mass is 10.1. The molecule has 0 radical (unpaired) electrons. The van der Waals surface area contributed by atoms with E-state index in [0.717, 1.165) is 0 Å². The zero-order chi connectivity index (χ0) is 15.6. The van der Waals surface area contributed by atoms with Gasteiger partial charge in [-0.2, -0.15) is 0 Å². The van der Waals surface area contributed by atoms with E-state index in [-0.39, 0.29) is 11.4 Å². The fourth-order valence-electron chi connectivity index (χ4n) is 1.74. The van der Waals surface area contributed by atoms with Crippen molar-refractivity contribution in [3.8, 4) is 0 Å². The number of hydrogen-bond acceptors (Lipinski definition) is 3. The Balaban J connectivity index is 2.30. The molecule has 3 N–H and O–H groups in total. The number of pyridine rings is 1. The molecule has 1 amide bonds. The summed E-state index contributed by atoms with van der Waals surface area (Å²) in [5.41, 5.74) is 5.86. The molecule has 0 bridgehead atoms. The van der Waals surface area contributed by atoms with E-state index in [1.807, 2.05) is 6.92 Å². The van der Waals surface area contributed by atoms with Crippen molar-refractivity contribution in [3.63, 3.8) is 0 Å². The quantitative estimate of drug-likeness (QED) is 0.856. The van der Waals surface area contributed by atoms with Crippen LogP contribution in [0.5, 0.6) is 0 Å². The number of nitrogen functional groups attached to an aromatic ring is 1. The summed E-state index contributed by atoms with van der Waals surface area (Å²) < 4.78 is 39.4. The molecule has 0 spiro atoms. The third-order valence-corrected chi connectivity index (χ3v) is 2.78. The van der Waals surface area contributed by atoms with E-state index >= 15 is 0 Å². The molecule has 2 rings (SSSR count). The van der Waals surface area contributed by atoms with E-state index in [2.05, 4.69) is 10.3 Å². The molecule has 0 aliphatic carbocycles. The van der Waals surface area contributed by atoms with Gasteiger partial charge in [-0.25, -0.2) is 18.2 Å². The lowest BCUT2D eigenvalue weighted by Crippen LogP contribution is -2.15. The number of halogens is 3. The standard InChI is InChI=1S/C14H12F3N3O/c1-2-8-3-7(4-13(18)19-8)14(21)20-12-6-10(16)9(15)5-11(12)17/h3-6H,2H2,1H3,(H2,18,19)(H,20,21). The van der Waals surface area contributed by atoms with E-state index in [9.17, 15) is 18.0 Å². The van der Waals surface area contributed by atoms with Crippen molar-refractivity contribution in [2.45, 2.75) is 13.3 Å². The molecular weight excluding hydrogens is 283 g/mol. The van der Waals surface area contributed by atoms with E-state index in [1.165, 1.54) is 12.1 Å². The highest BCUT2D eigenvalue weighted by Gasteiger charge is 2.14. The number of aromatic nitrogens is 1. The summed E-state index contributed by atoms with van der Waals surface area (Å²) in [6.45, 7) is 1.83. The van der Waals surface area contributed by atoms with Gasteiger partial charge in [-0.3, -0.25) is 4.79 Å². The smallest absolute Gasteiger partial charge is 0.255 e. The molecular formula is C14H12F3N3O. The van der Waals surface area contributed by atoms with Gasteiger partial charge in [0.25, 0.3) is 5.91 Å². The minimum Gasteiger partial charge on any atom is -0.384 e. The van der Waals surface area contributed by atoms with Crippen molar-refractivity contribution in [2.24, 2.45) is 0 Å². The number of carbonyl (C=O) groups is 1. The maximum Gasteiger partial charge on any atom is 0.255 e. The highest BCUT2D eigenvalue weighted by Crippen LogP contribution is 2.19. The van der Waals surface area contributed by atoms with Gasteiger partial charge in [-0.1, -0.05) is 6.92 Å². The third-order valence-electron chi connectivity index (χ3n) is 2.78. The molecule has 2 aromatic rings. The molecule has 0 atom stereocenters. The van der Waals surface area contributed by atoms with Gasteiger partial charge < -0.3 is 11.1 Å². The number of aryl methyl sites for hydroxylation is 1. The number of nitrogens with two attached hydrogens (primary N) is 1. The van der Waals surface area contributed by atoms with Crippen molar-refractivity contribution in [1.29, 1.82) is 0 Å². The number of anilines is 2. The van der Waals surface area contributed by atoms with Crippen LogP contribution in [0.2, 0.25) is 0 Å². The zero-order valence-corrected chi connectivity index (χ0v) is 11.1. The Labute approximate surface area is 118 Å². The van der Waals surface area contributed by atoms with Crippen LogP contribution in [-0.2, 0) is 6.42 Å². The SMILES string of the molecule is CCc1cc(C(=O)Nc2cc(F)c(F)cc2F)cc(N)n1. The summed E-state index contributed by atoms with van der Waals surface area (Å²) in [5.74, 6) is -4.20. The second kappa shape index (κ2) is 5.82. The van der Waals surface area contributed by atoms with Crippen LogP contribution < -0.4 is 11.1 Å². The number of benzene rings is 1. The summed E-state index contributed by atoms with van der Waals surface area (Å²) in [6, 6.07) is 3.74. The van der Waals surface area contributed by atoms with Crippen molar-refractivity contribution in [1.82, 2.24) is 4.98 Å². The van der Waals surface area contributed by atoms with E-state index in [0.29, 0.717) is 24.2 Å². The van der Waals surface area contributed by atoms with Gasteiger partial charge in [-0.15, -0.1) is 0 Å². The molecule has 4 nitrogen and oxygen atoms in total. The Morgan fingerprint density at radius 2 is 1.81 bits per heavy atom. The summed E-state index contributed by atoms with van der Waals surface area (Å²) in [5, 5.41) is 2.17. The molecule has 0 aliphatic rings. The molecule has 1 aromatic heterocycles. The first kappa shape index (κ1) is 14.8. The molecule has 21 heavy (non-hydrogen) atoms. The first-order valence-electron chi connectivity index (χ1n) is 6.13. The number of carbonyl (C=O) groups excluding carboxylic acids is 1. The van der Waals surface area contributed by atoms with Crippen LogP contribution in [-0.4, -0.2) is 10.9 Å². The lowest BCUT2D eigenvalue weighted by molar-refractivity contribution is 0.102. The Morgan fingerprint density at radius 3 is 2.48 bits per heavy atom. The zero-order valence-electron chi connectivity index (χ0n) is 11.1. The summed E-state index contributed by atoms with van der Waals surface area (Å²) in [6.07, 6.45) is 0.560. The second-order valence-electron chi connectivity index (χ2n) is 4.33. The van der Waals surface area contributed by atoms with Crippen LogP contribution in [0.1, 0.15) is 23.0 Å². The van der Waals surface area contributed by atoms with Crippen LogP contribution in [0.3, 0.4) is 0 Å². The monoisotopic (exact) mass is 295 g/mol. The molecule has 0 saturated carbocycles. The van der Waals surface area contributed by atoms with Gasteiger partial charge in [0.05, 0.1) is 5.69 Å². The Bertz CT molecular complexity index is 704. The first-order valence-corrected chi connectivity index (χ1v) is 6.13. The molecule has 1 aromatic carbocycles.